The highest BCUT2D eigenvalue weighted by Gasteiger charge is 2.26. The maximum Gasteiger partial charge on any atom is 0.341 e. The highest BCUT2D eigenvalue weighted by molar-refractivity contribution is 9.10. The van der Waals surface area contributed by atoms with Crippen LogP contribution in [0.5, 0.6) is 5.75 Å². The number of nitrogens with one attached hydrogen (secondary N) is 2. The second-order valence-electron chi connectivity index (χ2n) is 8.04. The minimum absolute atomic E-state index is 0.123. The molecule has 0 aliphatic heterocycles. The zero-order valence-electron chi connectivity index (χ0n) is 19.2. The summed E-state index contributed by atoms with van der Waals surface area (Å²) >= 11 is 10.3. The van der Waals surface area contributed by atoms with Crippen LogP contribution in [0.1, 0.15) is 49.6 Å². The van der Waals surface area contributed by atoms with Crippen molar-refractivity contribution in [3.05, 3.63) is 80.1 Å². The number of benzene rings is 2. The smallest absolute Gasteiger partial charge is 0.341 e. The van der Waals surface area contributed by atoms with E-state index in [0.717, 1.165) is 37.7 Å². The Morgan fingerprint density at radius 1 is 1.11 bits per heavy atom. The van der Waals surface area contributed by atoms with Crippen LogP contribution in [-0.2, 0) is 24.0 Å². The molecule has 9 heteroatoms. The highest BCUT2D eigenvalue weighted by Crippen LogP contribution is 2.38. The fraction of sp³-hybridized carbons (Fsp3) is 0.269. The minimum Gasteiger partial charge on any atom is -0.492 e. The second-order valence-corrected chi connectivity index (χ2v) is 10.4. The van der Waals surface area contributed by atoms with Crippen LogP contribution >= 0.6 is 39.5 Å². The summed E-state index contributed by atoms with van der Waals surface area (Å²) in [4.78, 5) is 26.4. The average molecular weight is 574 g/mol. The molecule has 1 heterocycles. The van der Waals surface area contributed by atoms with E-state index in [1.54, 1.807) is 18.2 Å². The normalized spacial score (nSPS) is 12.4. The molecule has 0 saturated carbocycles. The van der Waals surface area contributed by atoms with E-state index in [1.165, 1.54) is 28.9 Å². The van der Waals surface area contributed by atoms with E-state index in [2.05, 4.69) is 38.7 Å². The van der Waals surface area contributed by atoms with Crippen LogP contribution < -0.4 is 15.4 Å². The van der Waals surface area contributed by atoms with Gasteiger partial charge in [0.1, 0.15) is 10.8 Å². The van der Waals surface area contributed by atoms with Crippen molar-refractivity contribution in [3.63, 3.8) is 0 Å². The van der Waals surface area contributed by atoms with Gasteiger partial charge in [-0.15, -0.1) is 11.3 Å². The maximum absolute atomic E-state index is 12.8. The molecule has 0 radical (unpaired) electrons. The first kappa shape index (κ1) is 25.3. The van der Waals surface area contributed by atoms with Crippen molar-refractivity contribution in [3.8, 4) is 5.75 Å². The molecule has 0 bridgehead atoms. The number of esters is 1. The lowest BCUT2D eigenvalue weighted by atomic mass is 9.95. The topological polar surface area (TPSA) is 76.7 Å². The predicted molar refractivity (Wildman–Crippen MR) is 146 cm³/mol. The lowest BCUT2D eigenvalue weighted by Crippen LogP contribution is -2.34. The maximum atomic E-state index is 12.8. The molecule has 1 aromatic heterocycles. The van der Waals surface area contributed by atoms with Crippen molar-refractivity contribution in [2.45, 2.75) is 32.1 Å². The first-order valence-corrected chi connectivity index (χ1v) is 13.3. The zero-order valence-corrected chi connectivity index (χ0v) is 22.4. The van der Waals surface area contributed by atoms with Crippen LogP contribution in [0.3, 0.4) is 0 Å². The summed E-state index contributed by atoms with van der Waals surface area (Å²) in [6.45, 7) is 0.523. The molecular weight excluding hydrogens is 548 g/mol. The van der Waals surface area contributed by atoms with Gasteiger partial charge in [0.05, 0.1) is 23.8 Å². The molecule has 1 aliphatic carbocycles. The number of thiocarbonyl (C=S) groups is 1. The van der Waals surface area contributed by atoms with Crippen molar-refractivity contribution in [2.75, 3.05) is 19.0 Å². The van der Waals surface area contributed by atoms with Gasteiger partial charge in [-0.1, -0.05) is 30.3 Å². The van der Waals surface area contributed by atoms with Gasteiger partial charge in [0.25, 0.3) is 5.91 Å². The number of rotatable bonds is 7. The third-order valence-electron chi connectivity index (χ3n) is 5.70. The first-order chi connectivity index (χ1) is 17.0. The number of anilines is 1. The summed E-state index contributed by atoms with van der Waals surface area (Å²) in [5, 5.41) is 6.46. The van der Waals surface area contributed by atoms with Crippen molar-refractivity contribution >= 4 is 61.5 Å². The van der Waals surface area contributed by atoms with Gasteiger partial charge in [-0.25, -0.2) is 4.79 Å². The number of halogens is 1. The standard InChI is InChI=1S/C26H25BrN2O4S2/c1-32-25(31)22-18-9-5-6-10-21(18)35-24(22)29-26(34)28-23(30)17-11-12-20(19(27)15-17)33-14-13-16-7-3-2-4-8-16/h2-4,7-8,11-12,15H,5-6,9-10,13-14H2,1H3,(H2,28,29,30,34). The van der Waals surface area contributed by atoms with Gasteiger partial charge < -0.3 is 14.8 Å². The molecule has 4 rings (SSSR count). The number of thiophene rings is 1. The molecule has 2 aromatic carbocycles. The molecule has 0 atom stereocenters. The van der Waals surface area contributed by atoms with E-state index in [1.807, 2.05) is 18.2 Å². The van der Waals surface area contributed by atoms with Crippen LogP contribution in [0, 0.1) is 0 Å². The Bertz CT molecular complexity index is 1240. The molecule has 0 spiro atoms. The number of methoxy groups -OCH3 is 1. The number of carbonyl (C=O) groups is 2. The van der Waals surface area contributed by atoms with Crippen molar-refractivity contribution in [2.24, 2.45) is 0 Å². The SMILES string of the molecule is COC(=O)c1c(NC(=S)NC(=O)c2ccc(OCCc3ccccc3)c(Br)c2)sc2c1CCCC2. The van der Waals surface area contributed by atoms with E-state index in [0.29, 0.717) is 33.0 Å². The predicted octanol–water partition coefficient (Wildman–Crippen LogP) is 5.92. The van der Waals surface area contributed by atoms with Crippen LogP contribution in [-0.4, -0.2) is 30.7 Å². The first-order valence-electron chi connectivity index (χ1n) is 11.3. The molecule has 2 N–H and O–H groups in total. The quantitative estimate of drug-likeness (QED) is 0.270. The number of amides is 1. The fourth-order valence-corrected chi connectivity index (χ4v) is 6.00. The Balaban J connectivity index is 1.37. The second kappa shape index (κ2) is 11.8. The lowest BCUT2D eigenvalue weighted by molar-refractivity contribution is 0.0601. The number of fused-ring (bicyclic) bond motifs is 1. The lowest BCUT2D eigenvalue weighted by Gasteiger charge is -2.13. The van der Waals surface area contributed by atoms with Gasteiger partial charge in [0.15, 0.2) is 5.11 Å². The zero-order chi connectivity index (χ0) is 24.8. The Morgan fingerprint density at radius 2 is 1.89 bits per heavy atom. The average Bonchev–Trinajstić information content (AvgIpc) is 3.22. The van der Waals surface area contributed by atoms with Gasteiger partial charge in [-0.2, -0.15) is 0 Å². The molecule has 1 amide bonds. The fourth-order valence-electron chi connectivity index (χ4n) is 3.96. The number of aryl methyl sites for hydroxylation is 1. The molecule has 0 saturated heterocycles. The van der Waals surface area contributed by atoms with Gasteiger partial charge in [-0.05, 0) is 83.2 Å². The Labute approximate surface area is 222 Å². The molecule has 182 valence electrons. The molecule has 0 unspecified atom stereocenters. The van der Waals surface area contributed by atoms with Crippen LogP contribution in [0.2, 0.25) is 0 Å². The Hall–Kier alpha value is -2.75. The molecule has 1 aliphatic rings. The molecule has 35 heavy (non-hydrogen) atoms. The number of hydrogen-bond donors (Lipinski definition) is 2. The summed E-state index contributed by atoms with van der Waals surface area (Å²) in [5.74, 6) is -0.0992. The van der Waals surface area contributed by atoms with Gasteiger partial charge >= 0.3 is 5.97 Å². The van der Waals surface area contributed by atoms with Crippen LogP contribution in [0.25, 0.3) is 0 Å². The van der Waals surface area contributed by atoms with Crippen molar-refractivity contribution in [1.82, 2.24) is 5.32 Å². The third kappa shape index (κ3) is 6.28. The van der Waals surface area contributed by atoms with Crippen molar-refractivity contribution < 1.29 is 19.1 Å². The largest absolute Gasteiger partial charge is 0.492 e. The summed E-state index contributed by atoms with van der Waals surface area (Å²) in [6, 6.07) is 15.2. The Morgan fingerprint density at radius 3 is 2.63 bits per heavy atom. The van der Waals surface area contributed by atoms with E-state index in [4.69, 9.17) is 21.7 Å². The van der Waals surface area contributed by atoms with E-state index in [9.17, 15) is 9.59 Å². The highest BCUT2D eigenvalue weighted by atomic mass is 79.9. The summed E-state index contributed by atoms with van der Waals surface area (Å²) in [5.41, 5.74) is 3.16. The van der Waals surface area contributed by atoms with Crippen LogP contribution in [0.4, 0.5) is 5.00 Å². The molecule has 6 nitrogen and oxygen atoms in total. The van der Waals surface area contributed by atoms with E-state index in [-0.39, 0.29) is 11.0 Å². The van der Waals surface area contributed by atoms with Gasteiger partial charge in [0, 0.05) is 16.9 Å². The summed E-state index contributed by atoms with van der Waals surface area (Å²) in [6.07, 6.45) is 4.68. The minimum atomic E-state index is -0.396. The van der Waals surface area contributed by atoms with E-state index >= 15 is 0 Å². The molecule has 0 fully saturated rings. The van der Waals surface area contributed by atoms with Gasteiger partial charge in [-0.3, -0.25) is 10.1 Å². The number of carbonyl (C=O) groups excluding carboxylic acids is 2. The monoisotopic (exact) mass is 572 g/mol. The molecular formula is C26H25BrN2O4S2. The Kier molecular flexibility index (Phi) is 8.54. The summed E-state index contributed by atoms with van der Waals surface area (Å²) < 4.78 is 11.5. The third-order valence-corrected chi connectivity index (χ3v) is 7.73. The summed E-state index contributed by atoms with van der Waals surface area (Å²) in [7, 11) is 1.37. The van der Waals surface area contributed by atoms with Crippen LogP contribution in [0.15, 0.2) is 53.0 Å². The number of hydrogen-bond acceptors (Lipinski definition) is 6. The van der Waals surface area contributed by atoms with Crippen molar-refractivity contribution in [1.29, 1.82) is 0 Å². The van der Waals surface area contributed by atoms with Gasteiger partial charge in [0.2, 0.25) is 0 Å². The number of ether oxygens (including phenoxy) is 2. The molecule has 3 aromatic rings. The van der Waals surface area contributed by atoms with E-state index < -0.39 is 5.97 Å².